The molecule has 0 fully saturated rings. The maximum absolute atomic E-state index is 5.72. The second kappa shape index (κ2) is 9.04. The lowest BCUT2D eigenvalue weighted by Crippen LogP contribution is -2.34. The van der Waals surface area contributed by atoms with Crippen molar-refractivity contribution in [3.05, 3.63) is 58.6 Å². The number of ether oxygens (including phenoxy) is 1. The van der Waals surface area contributed by atoms with Gasteiger partial charge in [-0.1, -0.05) is 41.9 Å². The number of nitrogens with one attached hydrogen (secondary N) is 1. The van der Waals surface area contributed by atoms with Crippen LogP contribution in [-0.2, 0) is 0 Å². The Morgan fingerprint density at radius 3 is 2.33 bits per heavy atom. The average molecular weight is 407 g/mol. The van der Waals surface area contributed by atoms with Crippen molar-refractivity contribution in [2.75, 3.05) is 25.5 Å². The number of benzene rings is 2. The van der Waals surface area contributed by atoms with Crippen LogP contribution in [0, 0.1) is 0 Å². The van der Waals surface area contributed by atoms with Gasteiger partial charge >= 0.3 is 0 Å². The quantitative estimate of drug-likeness (QED) is 0.659. The molecule has 0 radical (unpaired) electrons. The van der Waals surface area contributed by atoms with Crippen molar-refractivity contribution in [3.8, 4) is 5.75 Å². The molecule has 0 heterocycles. The highest BCUT2D eigenvalue weighted by Gasteiger charge is 2.06. The van der Waals surface area contributed by atoms with Gasteiger partial charge in [0, 0.05) is 17.2 Å². The summed E-state index contributed by atoms with van der Waals surface area (Å²) in [4.78, 5) is 1.98. The molecule has 1 N–H and O–H groups in total. The number of thiocarbonyl (C=S) groups is 1. The minimum Gasteiger partial charge on any atom is -0.492 e. The third-order valence-electron chi connectivity index (χ3n) is 3.68. The van der Waals surface area contributed by atoms with Crippen molar-refractivity contribution < 1.29 is 4.74 Å². The van der Waals surface area contributed by atoms with Crippen LogP contribution in [0.3, 0.4) is 0 Å². The van der Waals surface area contributed by atoms with E-state index in [1.54, 1.807) is 0 Å². The Bertz CT molecular complexity index is 656. The van der Waals surface area contributed by atoms with Gasteiger partial charge in [-0.05, 0) is 60.1 Å². The normalized spacial score (nSPS) is 10.5. The molecule has 2 aromatic carbocycles. The molecule has 0 spiro atoms. The monoisotopic (exact) mass is 406 g/mol. The molecule has 3 nitrogen and oxygen atoms in total. The van der Waals surface area contributed by atoms with Crippen LogP contribution in [0.2, 0.25) is 0 Å². The van der Waals surface area contributed by atoms with Gasteiger partial charge in [-0.2, -0.15) is 0 Å². The van der Waals surface area contributed by atoms with Crippen molar-refractivity contribution in [1.82, 2.24) is 4.90 Å². The summed E-state index contributed by atoms with van der Waals surface area (Å²) in [6.07, 6.45) is 0. The van der Waals surface area contributed by atoms with Gasteiger partial charge in [-0.25, -0.2) is 0 Å². The Morgan fingerprint density at radius 1 is 1.12 bits per heavy atom. The summed E-state index contributed by atoms with van der Waals surface area (Å²) < 4.78 is 6.77. The molecular formula is C19H23BrN2OS. The van der Waals surface area contributed by atoms with Crippen LogP contribution in [0.4, 0.5) is 5.69 Å². The van der Waals surface area contributed by atoms with E-state index in [4.69, 9.17) is 17.0 Å². The molecule has 0 saturated carbocycles. The van der Waals surface area contributed by atoms with Gasteiger partial charge in [0.25, 0.3) is 0 Å². The number of hydrogen-bond acceptors (Lipinski definition) is 2. The van der Waals surface area contributed by atoms with E-state index in [9.17, 15) is 0 Å². The fourth-order valence-corrected chi connectivity index (χ4v) is 2.58. The molecule has 0 amide bonds. The summed E-state index contributed by atoms with van der Waals surface area (Å²) >= 11 is 8.85. The number of halogens is 1. The summed E-state index contributed by atoms with van der Waals surface area (Å²) in [5.41, 5.74) is 2.33. The van der Waals surface area contributed by atoms with E-state index in [1.807, 2.05) is 36.2 Å². The molecule has 0 aliphatic carbocycles. The molecule has 2 rings (SSSR count). The van der Waals surface area contributed by atoms with E-state index in [0.29, 0.717) is 24.2 Å². The largest absolute Gasteiger partial charge is 0.492 e. The molecule has 0 bridgehead atoms. The SMILES string of the molecule is CC(C)c1ccc(NC(=S)N(C)CCOc2ccc(Br)cc2)cc1. The lowest BCUT2D eigenvalue weighted by Gasteiger charge is -2.21. The van der Waals surface area contributed by atoms with E-state index in [0.717, 1.165) is 15.9 Å². The molecule has 5 heteroatoms. The first-order valence-corrected chi connectivity index (χ1v) is 9.16. The Kier molecular flexibility index (Phi) is 7.06. The Morgan fingerprint density at radius 2 is 1.75 bits per heavy atom. The zero-order valence-electron chi connectivity index (χ0n) is 14.3. The van der Waals surface area contributed by atoms with E-state index < -0.39 is 0 Å². The first kappa shape index (κ1) is 18.7. The van der Waals surface area contributed by atoms with Gasteiger partial charge in [0.1, 0.15) is 12.4 Å². The number of nitrogens with zero attached hydrogens (tertiary/aromatic N) is 1. The average Bonchev–Trinajstić information content (AvgIpc) is 2.57. The van der Waals surface area contributed by atoms with Gasteiger partial charge in [-0.15, -0.1) is 0 Å². The molecule has 128 valence electrons. The number of anilines is 1. The smallest absolute Gasteiger partial charge is 0.173 e. The molecule has 0 saturated heterocycles. The third-order valence-corrected chi connectivity index (χ3v) is 4.63. The topological polar surface area (TPSA) is 24.5 Å². The van der Waals surface area contributed by atoms with E-state index in [-0.39, 0.29) is 0 Å². The second-order valence-corrected chi connectivity index (χ2v) is 7.23. The third kappa shape index (κ3) is 5.80. The van der Waals surface area contributed by atoms with Gasteiger partial charge in [0.05, 0.1) is 6.54 Å². The van der Waals surface area contributed by atoms with Gasteiger partial charge < -0.3 is 15.0 Å². The maximum atomic E-state index is 5.72. The summed E-state index contributed by atoms with van der Waals surface area (Å²) in [6, 6.07) is 16.2. The summed E-state index contributed by atoms with van der Waals surface area (Å²) in [5, 5.41) is 3.95. The fourth-order valence-electron chi connectivity index (χ4n) is 2.10. The standard InChI is InChI=1S/C19H23BrN2OS/c1-14(2)15-4-8-17(9-5-15)21-19(24)22(3)12-13-23-18-10-6-16(20)7-11-18/h4-11,14H,12-13H2,1-3H3,(H,21,24). The Balaban J connectivity index is 1.78. The van der Waals surface area contributed by atoms with Crippen molar-refractivity contribution in [2.24, 2.45) is 0 Å². The summed E-state index contributed by atoms with van der Waals surface area (Å²) in [7, 11) is 1.96. The molecule has 0 atom stereocenters. The maximum Gasteiger partial charge on any atom is 0.173 e. The minimum absolute atomic E-state index is 0.532. The highest BCUT2D eigenvalue weighted by Crippen LogP contribution is 2.18. The van der Waals surface area contributed by atoms with Gasteiger partial charge in [0.15, 0.2) is 5.11 Å². The number of hydrogen-bond donors (Lipinski definition) is 1. The lowest BCUT2D eigenvalue weighted by atomic mass is 10.0. The molecule has 0 unspecified atom stereocenters. The number of rotatable bonds is 6. The van der Waals surface area contributed by atoms with Crippen LogP contribution < -0.4 is 10.1 Å². The molecule has 2 aromatic rings. The zero-order valence-corrected chi connectivity index (χ0v) is 16.7. The predicted octanol–water partition coefficient (Wildman–Crippen LogP) is 5.28. The van der Waals surface area contributed by atoms with E-state index >= 15 is 0 Å². The van der Waals surface area contributed by atoms with Crippen molar-refractivity contribution >= 4 is 38.9 Å². The predicted molar refractivity (Wildman–Crippen MR) is 109 cm³/mol. The summed E-state index contributed by atoms with van der Waals surface area (Å²) in [5.74, 6) is 1.39. The van der Waals surface area contributed by atoms with Gasteiger partial charge in [0.2, 0.25) is 0 Å². The molecule has 0 aliphatic heterocycles. The Labute approximate surface area is 158 Å². The van der Waals surface area contributed by atoms with Crippen molar-refractivity contribution in [3.63, 3.8) is 0 Å². The van der Waals surface area contributed by atoms with Crippen LogP contribution in [0.5, 0.6) is 5.75 Å². The molecule has 0 aliphatic rings. The van der Waals surface area contributed by atoms with E-state index in [2.05, 4.69) is 59.4 Å². The van der Waals surface area contributed by atoms with Crippen LogP contribution in [0.25, 0.3) is 0 Å². The fraction of sp³-hybridized carbons (Fsp3) is 0.316. The van der Waals surface area contributed by atoms with Crippen molar-refractivity contribution in [2.45, 2.75) is 19.8 Å². The van der Waals surface area contributed by atoms with Crippen LogP contribution in [-0.4, -0.2) is 30.2 Å². The van der Waals surface area contributed by atoms with Crippen molar-refractivity contribution in [1.29, 1.82) is 0 Å². The van der Waals surface area contributed by atoms with Crippen LogP contribution in [0.1, 0.15) is 25.3 Å². The summed E-state index contributed by atoms with van der Waals surface area (Å²) in [6.45, 7) is 5.66. The highest BCUT2D eigenvalue weighted by molar-refractivity contribution is 9.10. The molecule has 24 heavy (non-hydrogen) atoms. The molecule has 0 aromatic heterocycles. The molecular weight excluding hydrogens is 384 g/mol. The Hall–Kier alpha value is -1.59. The van der Waals surface area contributed by atoms with Crippen LogP contribution in [0.15, 0.2) is 53.0 Å². The minimum atomic E-state index is 0.532. The second-order valence-electron chi connectivity index (χ2n) is 5.93. The zero-order chi connectivity index (χ0) is 17.5. The van der Waals surface area contributed by atoms with Crippen LogP contribution >= 0.6 is 28.1 Å². The lowest BCUT2D eigenvalue weighted by molar-refractivity contribution is 0.285. The first-order valence-electron chi connectivity index (χ1n) is 7.96. The van der Waals surface area contributed by atoms with E-state index in [1.165, 1.54) is 5.56 Å². The first-order chi connectivity index (χ1) is 11.5. The number of likely N-dealkylation sites (N-methyl/N-ethyl adjacent to an activating group) is 1. The highest BCUT2D eigenvalue weighted by atomic mass is 79.9. The van der Waals surface area contributed by atoms with Gasteiger partial charge in [-0.3, -0.25) is 0 Å².